The molecule has 0 bridgehead atoms. The Bertz CT molecular complexity index is 1930. The number of hydrogen-bond acceptors (Lipinski definition) is 5. The van der Waals surface area contributed by atoms with Crippen molar-refractivity contribution < 1.29 is 19.4 Å². The van der Waals surface area contributed by atoms with Gasteiger partial charge in [-0.2, -0.15) is 0 Å². The van der Waals surface area contributed by atoms with Crippen LogP contribution in [0.1, 0.15) is 60.1 Å². The molecule has 260 valence electrons. The summed E-state index contributed by atoms with van der Waals surface area (Å²) < 4.78 is 11.6. The normalized spacial score (nSPS) is 20.2. The van der Waals surface area contributed by atoms with Crippen molar-refractivity contribution in [2.75, 3.05) is 13.6 Å². The highest BCUT2D eigenvalue weighted by molar-refractivity contribution is 6.76. The zero-order valence-corrected chi connectivity index (χ0v) is 30.5. The minimum Gasteiger partial charge on any atom is -0.392 e. The molecule has 5 aromatic carbocycles. The molecule has 1 aliphatic rings. The van der Waals surface area contributed by atoms with Gasteiger partial charge < -0.3 is 19.9 Å². The highest BCUT2D eigenvalue weighted by Crippen LogP contribution is 2.43. The molecular weight excluding hydrogens is 691 g/mol. The number of halogens is 3. The Morgan fingerprint density at radius 1 is 0.820 bits per heavy atom. The maximum absolute atomic E-state index is 12.1. The molecule has 1 amide bonds. The van der Waals surface area contributed by atoms with E-state index in [2.05, 4.69) is 79.6 Å². The molecule has 6 nitrogen and oxygen atoms in total. The maximum Gasteiger partial charge on any atom is 0.272 e. The molecule has 0 spiro atoms. The lowest BCUT2D eigenvalue weighted by atomic mass is 9.89. The summed E-state index contributed by atoms with van der Waals surface area (Å²) in [4.78, 5) is 14.4. The van der Waals surface area contributed by atoms with Crippen molar-refractivity contribution >= 4 is 51.5 Å². The fourth-order valence-corrected chi connectivity index (χ4v) is 6.70. The number of amides is 1. The third kappa shape index (κ3) is 8.52. The molecular formula is C41H41Cl3N2O4. The first-order chi connectivity index (χ1) is 24.0. The van der Waals surface area contributed by atoms with Gasteiger partial charge in [0.25, 0.3) is 9.70 Å². The van der Waals surface area contributed by atoms with Crippen molar-refractivity contribution in [2.45, 2.75) is 55.3 Å². The Morgan fingerprint density at radius 2 is 1.52 bits per heavy atom. The molecule has 1 aliphatic heterocycles. The lowest BCUT2D eigenvalue weighted by molar-refractivity contribution is -0.276. The van der Waals surface area contributed by atoms with Gasteiger partial charge in [0.1, 0.15) is 0 Å². The molecule has 5 unspecified atom stereocenters. The molecule has 1 heterocycles. The molecule has 5 aromatic rings. The zero-order chi connectivity index (χ0) is 35.4. The third-order valence-electron chi connectivity index (χ3n) is 9.64. The van der Waals surface area contributed by atoms with Crippen LogP contribution in [-0.2, 0) is 27.4 Å². The number of nitrogens with one attached hydrogen (secondary N) is 1. The summed E-state index contributed by atoms with van der Waals surface area (Å²) >= 11 is 17.2. The molecule has 0 aliphatic carbocycles. The number of alkyl halides is 3. The van der Waals surface area contributed by atoms with Crippen LogP contribution in [0.25, 0.3) is 21.9 Å². The van der Waals surface area contributed by atoms with Crippen LogP contribution in [0.15, 0.2) is 115 Å². The summed E-state index contributed by atoms with van der Waals surface area (Å²) in [5.41, 5.74) is 6.85. The highest BCUT2D eigenvalue weighted by atomic mass is 35.6. The van der Waals surface area contributed by atoms with Gasteiger partial charge in [0.15, 0.2) is 6.29 Å². The first kappa shape index (κ1) is 36.3. The number of rotatable bonds is 10. The number of likely N-dealkylation sites (N-methyl/N-ethyl adjacent to an activating group) is 1. The van der Waals surface area contributed by atoms with Crippen molar-refractivity contribution in [1.82, 2.24) is 10.2 Å². The van der Waals surface area contributed by atoms with E-state index in [0.717, 1.165) is 33.4 Å². The van der Waals surface area contributed by atoms with Crippen LogP contribution >= 0.6 is 34.8 Å². The van der Waals surface area contributed by atoms with Gasteiger partial charge in [-0.05, 0) is 76.3 Å². The van der Waals surface area contributed by atoms with Crippen molar-refractivity contribution in [1.29, 1.82) is 0 Å². The van der Waals surface area contributed by atoms with Crippen LogP contribution in [0, 0.1) is 5.92 Å². The smallest absolute Gasteiger partial charge is 0.272 e. The zero-order valence-electron chi connectivity index (χ0n) is 28.2. The summed E-state index contributed by atoms with van der Waals surface area (Å²) in [6.45, 7) is 5.32. The number of fused-ring (bicyclic) bond motifs is 1. The summed E-state index contributed by atoms with van der Waals surface area (Å²) in [6, 6.07) is 39.2. The Balaban J connectivity index is 1.25. The largest absolute Gasteiger partial charge is 0.392 e. The average molecular weight is 732 g/mol. The molecule has 2 N–H and O–H groups in total. The molecule has 5 atom stereocenters. The fraction of sp³-hybridized carbons (Fsp3) is 0.293. The van der Waals surface area contributed by atoms with Gasteiger partial charge >= 0.3 is 0 Å². The van der Waals surface area contributed by atoms with Crippen molar-refractivity contribution in [3.63, 3.8) is 0 Å². The van der Waals surface area contributed by atoms with Gasteiger partial charge in [0.05, 0.1) is 18.8 Å². The van der Waals surface area contributed by atoms with E-state index in [-0.39, 0.29) is 37.3 Å². The van der Waals surface area contributed by atoms with Crippen LogP contribution in [0.4, 0.5) is 0 Å². The number of hydrogen-bond donors (Lipinski definition) is 2. The Labute approximate surface area is 308 Å². The first-order valence-electron chi connectivity index (χ1n) is 16.7. The Hall–Kier alpha value is -3.46. The lowest BCUT2D eigenvalue weighted by Gasteiger charge is -2.43. The van der Waals surface area contributed by atoms with Gasteiger partial charge in [0.2, 0.25) is 0 Å². The predicted octanol–water partition coefficient (Wildman–Crippen LogP) is 9.47. The molecule has 50 heavy (non-hydrogen) atoms. The topological polar surface area (TPSA) is 71.0 Å². The van der Waals surface area contributed by atoms with Crippen LogP contribution in [0.2, 0.25) is 0 Å². The van der Waals surface area contributed by atoms with Crippen molar-refractivity contribution in [2.24, 2.45) is 5.92 Å². The number of benzene rings is 5. The van der Waals surface area contributed by atoms with Crippen molar-refractivity contribution in [3.8, 4) is 11.1 Å². The molecule has 9 heteroatoms. The minimum atomic E-state index is -2.02. The Kier molecular flexibility index (Phi) is 11.5. The third-order valence-corrected chi connectivity index (χ3v) is 10.2. The van der Waals surface area contributed by atoms with E-state index < -0.39 is 16.0 Å². The first-order valence-corrected chi connectivity index (χ1v) is 17.9. The maximum atomic E-state index is 12.1. The molecule has 1 fully saturated rings. The van der Waals surface area contributed by atoms with Gasteiger partial charge in [-0.1, -0.05) is 139 Å². The molecule has 0 aromatic heterocycles. The second-order valence-electron chi connectivity index (χ2n) is 13.1. The fourth-order valence-electron chi connectivity index (χ4n) is 6.50. The second-order valence-corrected chi connectivity index (χ2v) is 15.3. The standard InChI is InChI=1S/C41H41Cl3N2O4/c1-26-37(24-46(3)27(2)32-19-18-30-9-4-5-10-34(30)21-32)49-39(50-38(26)31-16-14-28(25-47)15-17-31)36-13-7-12-35(22-36)33-11-6-8-29(20-33)23-45-40(48)41(42,43)44/h4-22,26-27,37-39,47H,23-25H2,1-3H3,(H,45,48). The van der Waals surface area contributed by atoms with E-state index in [1.54, 1.807) is 0 Å². The van der Waals surface area contributed by atoms with E-state index in [1.807, 2.05) is 66.7 Å². The number of carbonyl (C=O) groups excluding carboxylic acids is 1. The molecule has 0 radical (unpaired) electrons. The molecule has 1 saturated heterocycles. The van der Waals surface area contributed by atoms with E-state index in [4.69, 9.17) is 44.3 Å². The number of ether oxygens (including phenoxy) is 2. The second kappa shape index (κ2) is 15.8. The monoisotopic (exact) mass is 730 g/mol. The van der Waals surface area contributed by atoms with Gasteiger partial charge in [-0.25, -0.2) is 0 Å². The minimum absolute atomic E-state index is 0.0135. The lowest BCUT2D eigenvalue weighted by Crippen LogP contribution is -2.44. The number of aliphatic hydroxyl groups excluding tert-OH is 1. The summed E-state index contributed by atoms with van der Waals surface area (Å²) in [5.74, 6) is -0.636. The quantitative estimate of drug-likeness (QED) is 0.140. The summed E-state index contributed by atoms with van der Waals surface area (Å²) in [5, 5.41) is 14.8. The van der Waals surface area contributed by atoms with E-state index in [9.17, 15) is 9.90 Å². The summed E-state index contributed by atoms with van der Waals surface area (Å²) in [6.07, 6.45) is -0.989. The van der Waals surface area contributed by atoms with Crippen LogP contribution in [0.3, 0.4) is 0 Å². The Morgan fingerprint density at radius 3 is 2.24 bits per heavy atom. The average Bonchev–Trinajstić information content (AvgIpc) is 3.14. The number of carbonyl (C=O) groups is 1. The van der Waals surface area contributed by atoms with Gasteiger partial charge in [-0.15, -0.1) is 0 Å². The number of nitrogens with zero attached hydrogens (tertiary/aromatic N) is 1. The molecule has 6 rings (SSSR count). The van der Waals surface area contributed by atoms with E-state index in [0.29, 0.717) is 6.54 Å². The van der Waals surface area contributed by atoms with Gasteiger partial charge in [-0.3, -0.25) is 9.69 Å². The summed E-state index contributed by atoms with van der Waals surface area (Å²) in [7, 11) is 2.15. The predicted molar refractivity (Wildman–Crippen MR) is 202 cm³/mol. The van der Waals surface area contributed by atoms with Crippen LogP contribution < -0.4 is 5.32 Å². The van der Waals surface area contributed by atoms with Gasteiger partial charge in [0, 0.05) is 30.6 Å². The van der Waals surface area contributed by atoms with Crippen LogP contribution in [-0.4, -0.2) is 39.4 Å². The van der Waals surface area contributed by atoms with E-state index in [1.165, 1.54) is 16.3 Å². The number of aliphatic hydroxyl groups is 1. The van der Waals surface area contributed by atoms with E-state index >= 15 is 0 Å². The highest BCUT2D eigenvalue weighted by Gasteiger charge is 2.39. The molecule has 0 saturated carbocycles. The van der Waals surface area contributed by atoms with Crippen molar-refractivity contribution in [3.05, 3.63) is 143 Å². The van der Waals surface area contributed by atoms with Crippen LogP contribution in [0.5, 0.6) is 0 Å². The SMILES string of the molecule is CC1C(CN(C)C(C)c2ccc3ccccc3c2)OC(c2cccc(-c3cccc(CNC(=O)C(Cl)(Cl)Cl)c3)c2)OC1c1ccc(CO)cc1.